The molecule has 0 bridgehead atoms. The number of anilines is 1. The lowest BCUT2D eigenvalue weighted by Crippen LogP contribution is -2.13. The Morgan fingerprint density at radius 2 is 1.70 bits per heavy atom. The van der Waals surface area contributed by atoms with Gasteiger partial charge in [0, 0.05) is 17.4 Å². The predicted octanol–water partition coefficient (Wildman–Crippen LogP) is 3.95. The molecule has 0 aliphatic carbocycles. The molecule has 27 heavy (non-hydrogen) atoms. The van der Waals surface area contributed by atoms with Crippen molar-refractivity contribution in [1.29, 1.82) is 0 Å². The van der Waals surface area contributed by atoms with E-state index in [4.69, 9.17) is 9.47 Å². The zero-order chi connectivity index (χ0) is 19.1. The van der Waals surface area contributed by atoms with E-state index in [0.717, 1.165) is 0 Å². The van der Waals surface area contributed by atoms with Crippen molar-refractivity contribution < 1.29 is 19.1 Å². The van der Waals surface area contributed by atoms with Gasteiger partial charge in [-0.3, -0.25) is 4.79 Å². The molecule has 0 aliphatic rings. The van der Waals surface area contributed by atoms with E-state index >= 15 is 0 Å². The lowest BCUT2D eigenvalue weighted by molar-refractivity contribution is 0.0729. The molecule has 6 nitrogen and oxygen atoms in total. The molecule has 136 valence electrons. The van der Waals surface area contributed by atoms with Gasteiger partial charge in [-0.15, -0.1) is 0 Å². The third-order valence-corrected chi connectivity index (χ3v) is 3.63. The van der Waals surface area contributed by atoms with Crippen molar-refractivity contribution in [3.05, 3.63) is 84.1 Å². The van der Waals surface area contributed by atoms with E-state index in [-0.39, 0.29) is 17.4 Å². The van der Waals surface area contributed by atoms with Gasteiger partial charge in [-0.05, 0) is 55.5 Å². The maximum Gasteiger partial charge on any atom is 0.349 e. The second-order valence-electron chi connectivity index (χ2n) is 5.52. The molecule has 3 rings (SSSR count). The maximum atomic E-state index is 12.3. The number of carbonyl (C=O) groups excluding carboxylic acids is 2. The SMILES string of the molecule is CCOc1ncccc1C(=O)Oc1ccc(NC(=O)c2ccccc2)cc1. The number of carbonyl (C=O) groups is 2. The van der Waals surface area contributed by atoms with Gasteiger partial charge < -0.3 is 14.8 Å². The van der Waals surface area contributed by atoms with Crippen LogP contribution in [0.2, 0.25) is 0 Å². The molecule has 0 atom stereocenters. The molecular weight excluding hydrogens is 344 g/mol. The van der Waals surface area contributed by atoms with Gasteiger partial charge in [0.25, 0.3) is 5.91 Å². The summed E-state index contributed by atoms with van der Waals surface area (Å²) < 4.78 is 10.7. The Labute approximate surface area is 156 Å². The molecular formula is C21H18N2O4. The second-order valence-corrected chi connectivity index (χ2v) is 5.52. The second kappa shape index (κ2) is 8.62. The van der Waals surface area contributed by atoms with Crippen molar-refractivity contribution in [2.24, 2.45) is 0 Å². The molecule has 0 unspecified atom stereocenters. The lowest BCUT2D eigenvalue weighted by atomic mass is 10.2. The number of rotatable bonds is 6. The molecule has 0 saturated heterocycles. The van der Waals surface area contributed by atoms with E-state index in [1.54, 1.807) is 66.9 Å². The minimum atomic E-state index is -0.562. The summed E-state index contributed by atoms with van der Waals surface area (Å²) in [5.74, 6) is -0.189. The Morgan fingerprint density at radius 1 is 0.963 bits per heavy atom. The van der Waals surface area contributed by atoms with Crippen LogP contribution in [0.3, 0.4) is 0 Å². The van der Waals surface area contributed by atoms with Crippen LogP contribution >= 0.6 is 0 Å². The van der Waals surface area contributed by atoms with E-state index in [0.29, 0.717) is 23.6 Å². The Bertz CT molecular complexity index is 924. The Kier molecular flexibility index (Phi) is 5.79. The molecule has 0 fully saturated rings. The summed E-state index contributed by atoms with van der Waals surface area (Å²) in [4.78, 5) is 28.5. The first-order valence-corrected chi connectivity index (χ1v) is 8.44. The van der Waals surface area contributed by atoms with E-state index in [2.05, 4.69) is 10.3 Å². The van der Waals surface area contributed by atoms with E-state index in [9.17, 15) is 9.59 Å². The minimum absolute atomic E-state index is 0.211. The summed E-state index contributed by atoms with van der Waals surface area (Å²) in [7, 11) is 0. The Hall–Kier alpha value is -3.67. The molecule has 0 aliphatic heterocycles. The summed E-state index contributed by atoms with van der Waals surface area (Å²) >= 11 is 0. The van der Waals surface area contributed by atoms with Crippen LogP contribution in [0, 0.1) is 0 Å². The van der Waals surface area contributed by atoms with Crippen LogP contribution in [-0.2, 0) is 0 Å². The van der Waals surface area contributed by atoms with E-state index in [1.165, 1.54) is 0 Å². The largest absolute Gasteiger partial charge is 0.477 e. The van der Waals surface area contributed by atoms with Crippen LogP contribution in [0.15, 0.2) is 72.9 Å². The highest BCUT2D eigenvalue weighted by atomic mass is 16.5. The Balaban J connectivity index is 1.66. The molecule has 2 aromatic carbocycles. The number of esters is 1. The van der Waals surface area contributed by atoms with Crippen molar-refractivity contribution in [2.45, 2.75) is 6.92 Å². The third kappa shape index (κ3) is 4.70. The third-order valence-electron chi connectivity index (χ3n) is 3.63. The van der Waals surface area contributed by atoms with Crippen molar-refractivity contribution in [2.75, 3.05) is 11.9 Å². The normalized spacial score (nSPS) is 10.1. The number of pyridine rings is 1. The van der Waals surface area contributed by atoms with Crippen LogP contribution in [-0.4, -0.2) is 23.5 Å². The standard InChI is InChI=1S/C21H18N2O4/c1-2-26-20-18(9-6-14-22-20)21(25)27-17-12-10-16(11-13-17)23-19(24)15-7-4-3-5-8-15/h3-14H,2H2,1H3,(H,23,24). The van der Waals surface area contributed by atoms with Gasteiger partial charge in [0.1, 0.15) is 11.3 Å². The molecule has 0 saturated carbocycles. The topological polar surface area (TPSA) is 77.5 Å². The van der Waals surface area contributed by atoms with E-state index < -0.39 is 5.97 Å². The summed E-state index contributed by atoms with van der Waals surface area (Å²) in [5.41, 5.74) is 1.41. The highest BCUT2D eigenvalue weighted by Crippen LogP contribution is 2.20. The molecule has 6 heteroatoms. The van der Waals surface area contributed by atoms with Gasteiger partial charge in [0.2, 0.25) is 5.88 Å². The van der Waals surface area contributed by atoms with Crippen LogP contribution in [0.25, 0.3) is 0 Å². The number of nitrogens with one attached hydrogen (secondary N) is 1. The van der Waals surface area contributed by atoms with Gasteiger partial charge in [0.15, 0.2) is 0 Å². The summed E-state index contributed by atoms with van der Waals surface area (Å²) in [6.07, 6.45) is 1.55. The van der Waals surface area contributed by atoms with Crippen molar-refractivity contribution in [3.63, 3.8) is 0 Å². The first-order valence-electron chi connectivity index (χ1n) is 8.44. The smallest absolute Gasteiger partial charge is 0.349 e. The van der Waals surface area contributed by atoms with Gasteiger partial charge >= 0.3 is 5.97 Å². The van der Waals surface area contributed by atoms with Crippen molar-refractivity contribution in [3.8, 4) is 11.6 Å². The average molecular weight is 362 g/mol. The number of ether oxygens (including phenoxy) is 2. The highest BCUT2D eigenvalue weighted by molar-refractivity contribution is 6.04. The molecule has 1 N–H and O–H groups in total. The fourth-order valence-electron chi connectivity index (χ4n) is 2.36. The Morgan fingerprint density at radius 3 is 2.41 bits per heavy atom. The summed E-state index contributed by atoms with van der Waals surface area (Å²) in [6.45, 7) is 2.21. The predicted molar refractivity (Wildman–Crippen MR) is 101 cm³/mol. The van der Waals surface area contributed by atoms with E-state index in [1.807, 2.05) is 13.0 Å². The number of nitrogens with zero attached hydrogens (tertiary/aromatic N) is 1. The van der Waals surface area contributed by atoms with Crippen molar-refractivity contribution >= 4 is 17.6 Å². The summed E-state index contributed by atoms with van der Waals surface area (Å²) in [6, 6.07) is 18.7. The van der Waals surface area contributed by atoms with Gasteiger partial charge in [0.05, 0.1) is 6.61 Å². The average Bonchev–Trinajstić information content (AvgIpc) is 2.71. The lowest BCUT2D eigenvalue weighted by Gasteiger charge is -2.09. The number of benzene rings is 2. The van der Waals surface area contributed by atoms with Gasteiger partial charge in [-0.2, -0.15) is 0 Å². The minimum Gasteiger partial charge on any atom is -0.477 e. The number of hydrogen-bond donors (Lipinski definition) is 1. The first kappa shape index (κ1) is 18.1. The maximum absolute atomic E-state index is 12.3. The number of hydrogen-bond acceptors (Lipinski definition) is 5. The fourth-order valence-corrected chi connectivity index (χ4v) is 2.36. The van der Waals surface area contributed by atoms with Gasteiger partial charge in [-0.25, -0.2) is 9.78 Å². The van der Waals surface area contributed by atoms with Crippen LogP contribution in [0.1, 0.15) is 27.6 Å². The zero-order valence-corrected chi connectivity index (χ0v) is 14.7. The molecule has 0 spiro atoms. The molecule has 1 heterocycles. The molecule has 3 aromatic rings. The fraction of sp³-hybridized carbons (Fsp3) is 0.0952. The quantitative estimate of drug-likeness (QED) is 0.531. The monoisotopic (exact) mass is 362 g/mol. The van der Waals surface area contributed by atoms with Gasteiger partial charge in [-0.1, -0.05) is 18.2 Å². The molecule has 0 radical (unpaired) electrons. The van der Waals surface area contributed by atoms with Crippen molar-refractivity contribution in [1.82, 2.24) is 4.98 Å². The number of aromatic nitrogens is 1. The summed E-state index contributed by atoms with van der Waals surface area (Å²) in [5, 5.41) is 2.79. The highest BCUT2D eigenvalue weighted by Gasteiger charge is 2.15. The molecule has 1 amide bonds. The number of amides is 1. The van der Waals surface area contributed by atoms with Crippen LogP contribution < -0.4 is 14.8 Å². The van der Waals surface area contributed by atoms with Crippen LogP contribution in [0.4, 0.5) is 5.69 Å². The van der Waals surface area contributed by atoms with Crippen LogP contribution in [0.5, 0.6) is 11.6 Å². The zero-order valence-electron chi connectivity index (χ0n) is 14.7. The first-order chi connectivity index (χ1) is 13.2. The molecule has 1 aromatic heterocycles.